The Morgan fingerprint density at radius 1 is 1.17 bits per heavy atom. The minimum atomic E-state index is -1.53. The van der Waals surface area contributed by atoms with Crippen LogP contribution in [-0.2, 0) is 4.79 Å². The van der Waals surface area contributed by atoms with Gasteiger partial charge in [0.05, 0.1) is 0 Å². The van der Waals surface area contributed by atoms with E-state index in [0.717, 1.165) is 24.8 Å². The molecule has 0 N–H and O–H groups in total. The molecule has 0 amide bonds. The van der Waals surface area contributed by atoms with Crippen molar-refractivity contribution in [3.05, 3.63) is 30.3 Å². The van der Waals surface area contributed by atoms with Crippen molar-refractivity contribution in [2.75, 3.05) is 4.67 Å². The van der Waals surface area contributed by atoms with Gasteiger partial charge in [-0.15, -0.1) is 0 Å². The molecule has 0 aliphatic heterocycles. The molecule has 0 aliphatic rings. The van der Waals surface area contributed by atoms with Gasteiger partial charge in [0.1, 0.15) is 6.29 Å². The van der Waals surface area contributed by atoms with Crippen molar-refractivity contribution in [3.8, 4) is 0 Å². The monoisotopic (exact) mass is 262 g/mol. The summed E-state index contributed by atoms with van der Waals surface area (Å²) in [5.74, 6) is 0. The van der Waals surface area contributed by atoms with Crippen LogP contribution in [0, 0.1) is 0 Å². The van der Waals surface area contributed by atoms with Crippen molar-refractivity contribution in [2.24, 2.45) is 5.10 Å². The first-order valence-electron chi connectivity index (χ1n) is 6.37. The van der Waals surface area contributed by atoms with E-state index in [1.54, 1.807) is 0 Å². The summed E-state index contributed by atoms with van der Waals surface area (Å²) in [6.45, 7) is 6.80. The van der Waals surface area contributed by atoms with E-state index in [9.17, 15) is 4.79 Å². The molecule has 4 heteroatoms. The fraction of sp³-hybridized carbons (Fsp3) is 0.429. The second-order valence-electron chi connectivity index (χ2n) is 5.21. The van der Waals surface area contributed by atoms with Gasteiger partial charge >= 0.3 is 0 Å². The van der Waals surface area contributed by atoms with Crippen LogP contribution in [0.15, 0.2) is 35.4 Å². The Morgan fingerprint density at radius 3 is 2.39 bits per heavy atom. The van der Waals surface area contributed by atoms with E-state index < -0.39 is 8.24 Å². The zero-order valence-electron chi connectivity index (χ0n) is 11.5. The predicted octanol–water partition coefficient (Wildman–Crippen LogP) is 3.68. The third-order valence-corrected chi connectivity index (χ3v) is 4.13. The van der Waals surface area contributed by atoms with Crippen LogP contribution in [0.25, 0.3) is 0 Å². The molecule has 0 aromatic heterocycles. The van der Waals surface area contributed by atoms with Gasteiger partial charge in [0.2, 0.25) is 0 Å². The summed E-state index contributed by atoms with van der Waals surface area (Å²) in [5, 5.41) is 4.59. The predicted molar refractivity (Wildman–Crippen MR) is 80.7 cm³/mol. The SMILES string of the molecule is C[Si](C)(C)N(N=CCCCC=O)c1ccccc1. The number of hydrogen-bond donors (Lipinski definition) is 0. The normalized spacial score (nSPS) is 11.7. The summed E-state index contributed by atoms with van der Waals surface area (Å²) in [4.78, 5) is 10.2. The van der Waals surface area contributed by atoms with Gasteiger partial charge in [0.25, 0.3) is 0 Å². The van der Waals surface area contributed by atoms with Gasteiger partial charge in [-0.2, -0.15) is 5.10 Å². The zero-order chi connectivity index (χ0) is 13.4. The Hall–Kier alpha value is -1.42. The lowest BCUT2D eigenvalue weighted by Crippen LogP contribution is -2.42. The minimum Gasteiger partial charge on any atom is -0.303 e. The molecule has 0 radical (unpaired) electrons. The van der Waals surface area contributed by atoms with Crippen molar-refractivity contribution >= 4 is 26.4 Å². The smallest absolute Gasteiger partial charge is 0.176 e. The lowest BCUT2D eigenvalue weighted by molar-refractivity contribution is -0.107. The summed E-state index contributed by atoms with van der Waals surface area (Å²) in [5.41, 5.74) is 1.14. The molecule has 0 saturated carbocycles. The number of hydrazone groups is 1. The van der Waals surface area contributed by atoms with E-state index in [1.165, 1.54) is 0 Å². The van der Waals surface area contributed by atoms with E-state index in [0.29, 0.717) is 6.42 Å². The molecule has 0 atom stereocenters. The Labute approximate surface area is 111 Å². The zero-order valence-corrected chi connectivity index (χ0v) is 12.5. The first-order valence-corrected chi connectivity index (χ1v) is 9.82. The highest BCUT2D eigenvalue weighted by Crippen LogP contribution is 2.21. The van der Waals surface area contributed by atoms with Crippen molar-refractivity contribution in [2.45, 2.75) is 38.9 Å². The largest absolute Gasteiger partial charge is 0.303 e. The first-order chi connectivity index (χ1) is 8.55. The highest BCUT2D eigenvalue weighted by atomic mass is 28.3. The number of carbonyl (C=O) groups excluding carboxylic acids is 1. The van der Waals surface area contributed by atoms with Crippen molar-refractivity contribution in [1.29, 1.82) is 0 Å². The molecule has 1 aromatic rings. The molecule has 1 rings (SSSR count). The fourth-order valence-corrected chi connectivity index (χ4v) is 2.98. The van der Waals surface area contributed by atoms with Gasteiger partial charge in [-0.3, -0.25) is 4.67 Å². The van der Waals surface area contributed by atoms with Crippen LogP contribution in [0.5, 0.6) is 0 Å². The van der Waals surface area contributed by atoms with E-state index in [1.807, 2.05) is 24.4 Å². The standard InChI is InChI=1S/C14H22N2OSi/c1-18(2,3)16(14-10-6-4-7-11-14)15-12-8-5-9-13-17/h4,6-7,10-13H,5,8-9H2,1-3H3. The highest BCUT2D eigenvalue weighted by molar-refractivity contribution is 6.79. The Balaban J connectivity index is 2.72. The number of para-hydroxylation sites is 1. The average molecular weight is 262 g/mol. The molecule has 0 saturated heterocycles. The molecule has 0 fully saturated rings. The second-order valence-corrected chi connectivity index (χ2v) is 9.98. The molecule has 0 aliphatic carbocycles. The molecule has 3 nitrogen and oxygen atoms in total. The van der Waals surface area contributed by atoms with E-state index in [2.05, 4.69) is 41.5 Å². The number of hydrogen-bond acceptors (Lipinski definition) is 3. The lowest BCUT2D eigenvalue weighted by atomic mass is 10.3. The van der Waals surface area contributed by atoms with Crippen LogP contribution >= 0.6 is 0 Å². The number of unbranched alkanes of at least 4 members (excludes halogenated alkanes) is 2. The van der Waals surface area contributed by atoms with Crippen LogP contribution in [0.1, 0.15) is 19.3 Å². The van der Waals surface area contributed by atoms with Gasteiger partial charge in [-0.1, -0.05) is 18.2 Å². The van der Waals surface area contributed by atoms with E-state index >= 15 is 0 Å². The van der Waals surface area contributed by atoms with Gasteiger partial charge in [0, 0.05) is 18.3 Å². The van der Waals surface area contributed by atoms with Crippen LogP contribution in [0.3, 0.4) is 0 Å². The van der Waals surface area contributed by atoms with Crippen molar-refractivity contribution < 1.29 is 4.79 Å². The minimum absolute atomic E-state index is 0.615. The molecule has 18 heavy (non-hydrogen) atoms. The number of rotatable bonds is 7. The van der Waals surface area contributed by atoms with Crippen LogP contribution in [0.2, 0.25) is 19.6 Å². The molecule has 0 spiro atoms. The molecule has 0 unspecified atom stereocenters. The Bertz CT molecular complexity index is 385. The lowest BCUT2D eigenvalue weighted by Gasteiger charge is -2.31. The van der Waals surface area contributed by atoms with E-state index in [-0.39, 0.29) is 0 Å². The third-order valence-electron chi connectivity index (χ3n) is 2.49. The van der Waals surface area contributed by atoms with Gasteiger partial charge in [-0.25, -0.2) is 0 Å². The number of aldehydes is 1. The van der Waals surface area contributed by atoms with Gasteiger partial charge < -0.3 is 4.79 Å². The van der Waals surface area contributed by atoms with Gasteiger partial charge in [0.15, 0.2) is 8.24 Å². The van der Waals surface area contributed by atoms with Crippen molar-refractivity contribution in [1.82, 2.24) is 0 Å². The summed E-state index contributed by atoms with van der Waals surface area (Å²) < 4.78 is 2.15. The van der Waals surface area contributed by atoms with E-state index in [4.69, 9.17) is 0 Å². The first kappa shape index (κ1) is 14.6. The maximum absolute atomic E-state index is 10.2. The quantitative estimate of drug-likeness (QED) is 0.247. The van der Waals surface area contributed by atoms with Crippen LogP contribution in [-0.4, -0.2) is 20.7 Å². The molecule has 1 aromatic carbocycles. The molecular formula is C14H22N2OSi. The molecule has 0 heterocycles. The van der Waals surface area contributed by atoms with Gasteiger partial charge in [-0.05, 0) is 44.6 Å². The summed E-state index contributed by atoms with van der Waals surface area (Å²) in [6, 6.07) is 10.2. The topological polar surface area (TPSA) is 32.7 Å². The average Bonchev–Trinajstić information content (AvgIpc) is 2.33. The van der Waals surface area contributed by atoms with Crippen LogP contribution in [0.4, 0.5) is 5.69 Å². The maximum atomic E-state index is 10.2. The maximum Gasteiger partial charge on any atom is 0.176 e. The number of nitrogens with zero attached hydrogens (tertiary/aromatic N) is 2. The molecule has 0 bridgehead atoms. The van der Waals surface area contributed by atoms with Crippen LogP contribution < -0.4 is 4.67 Å². The molecule has 98 valence electrons. The summed E-state index contributed by atoms with van der Waals surface area (Å²) in [6.07, 6.45) is 5.23. The van der Waals surface area contributed by atoms with Crippen molar-refractivity contribution in [3.63, 3.8) is 0 Å². The summed E-state index contributed by atoms with van der Waals surface area (Å²) in [7, 11) is -1.53. The fourth-order valence-electron chi connectivity index (χ4n) is 1.63. The molecular weight excluding hydrogens is 240 g/mol. The highest BCUT2D eigenvalue weighted by Gasteiger charge is 2.23. The Morgan fingerprint density at radius 2 is 1.83 bits per heavy atom. The third kappa shape index (κ3) is 4.83. The Kier molecular flexibility index (Phi) is 5.78. The number of anilines is 1. The number of benzene rings is 1. The second kappa shape index (κ2) is 7.11. The number of carbonyl (C=O) groups is 1. The summed E-state index contributed by atoms with van der Waals surface area (Å²) >= 11 is 0.